The lowest BCUT2D eigenvalue weighted by atomic mass is 10.0. The third-order valence-electron chi connectivity index (χ3n) is 5.66. The van der Waals surface area contributed by atoms with E-state index < -0.39 is 0 Å². The molecule has 0 aliphatic carbocycles. The Morgan fingerprint density at radius 3 is 2.55 bits per heavy atom. The first-order valence-electron chi connectivity index (χ1n) is 10.4. The van der Waals surface area contributed by atoms with E-state index in [1.54, 1.807) is 0 Å². The number of nitrogens with zero attached hydrogens (tertiary/aromatic N) is 3. The molecular weight excluding hydrogens is 362 g/mol. The molecule has 5 nitrogen and oxygen atoms in total. The summed E-state index contributed by atoms with van der Waals surface area (Å²) in [5, 5.41) is 11.4. The van der Waals surface area contributed by atoms with Crippen LogP contribution in [0.5, 0.6) is 5.75 Å². The number of piperazine rings is 1. The van der Waals surface area contributed by atoms with Crippen LogP contribution in [-0.4, -0.2) is 60.9 Å². The number of ether oxygens (including phenoxy) is 1. The molecule has 5 heteroatoms. The van der Waals surface area contributed by atoms with Crippen molar-refractivity contribution in [3.63, 3.8) is 0 Å². The lowest BCUT2D eigenvalue weighted by Crippen LogP contribution is -2.46. The number of hydrogen-bond acceptors (Lipinski definition) is 5. The molecule has 0 bridgehead atoms. The zero-order valence-electron chi connectivity index (χ0n) is 17.3. The van der Waals surface area contributed by atoms with Gasteiger partial charge in [0.05, 0.1) is 12.3 Å². The van der Waals surface area contributed by atoms with Crippen molar-refractivity contribution in [1.29, 1.82) is 0 Å². The second kappa shape index (κ2) is 8.80. The minimum Gasteiger partial charge on any atom is -0.491 e. The summed E-state index contributed by atoms with van der Waals surface area (Å²) >= 11 is 0. The number of fused-ring (bicyclic) bond motifs is 1. The predicted molar refractivity (Wildman–Crippen MR) is 119 cm³/mol. The molecule has 0 radical (unpaired) electrons. The number of likely N-dealkylation sites (N-methyl/N-ethyl adjacent to an activating group) is 1. The Kier molecular flexibility index (Phi) is 5.97. The molecule has 1 aliphatic heterocycles. The van der Waals surface area contributed by atoms with Gasteiger partial charge < -0.3 is 19.6 Å². The van der Waals surface area contributed by atoms with Crippen LogP contribution in [0.2, 0.25) is 0 Å². The van der Waals surface area contributed by atoms with Gasteiger partial charge in [-0.25, -0.2) is 4.98 Å². The van der Waals surface area contributed by atoms with Gasteiger partial charge in [0.1, 0.15) is 18.2 Å². The first kappa shape index (κ1) is 19.7. The highest BCUT2D eigenvalue weighted by atomic mass is 16.5. The van der Waals surface area contributed by atoms with E-state index in [1.165, 1.54) is 10.8 Å². The molecule has 1 aliphatic rings. The van der Waals surface area contributed by atoms with Crippen molar-refractivity contribution >= 4 is 16.6 Å². The molecule has 1 N–H and O–H groups in total. The average molecular weight is 392 g/mol. The van der Waals surface area contributed by atoms with E-state index in [2.05, 4.69) is 59.2 Å². The van der Waals surface area contributed by atoms with Crippen molar-refractivity contribution in [2.75, 3.05) is 50.8 Å². The Hall–Kier alpha value is -2.63. The maximum Gasteiger partial charge on any atom is 0.137 e. The summed E-state index contributed by atoms with van der Waals surface area (Å²) in [6.07, 6.45) is 0. The van der Waals surface area contributed by atoms with Gasteiger partial charge in [-0.3, -0.25) is 0 Å². The van der Waals surface area contributed by atoms with Crippen molar-refractivity contribution in [2.24, 2.45) is 0 Å². The van der Waals surface area contributed by atoms with E-state index in [0.717, 1.165) is 61.1 Å². The molecule has 2 heterocycles. The van der Waals surface area contributed by atoms with Crippen molar-refractivity contribution in [1.82, 2.24) is 9.88 Å². The van der Waals surface area contributed by atoms with Crippen LogP contribution in [0.3, 0.4) is 0 Å². The highest BCUT2D eigenvalue weighted by Crippen LogP contribution is 2.32. The first-order valence-corrected chi connectivity index (χ1v) is 10.4. The summed E-state index contributed by atoms with van der Waals surface area (Å²) in [6.45, 7) is 9.83. The van der Waals surface area contributed by atoms with Gasteiger partial charge in [0.2, 0.25) is 0 Å². The van der Waals surface area contributed by atoms with Crippen LogP contribution in [-0.2, 0) is 0 Å². The minimum atomic E-state index is 0.0159. The fraction of sp³-hybridized carbons (Fsp3) is 0.375. The van der Waals surface area contributed by atoms with Crippen molar-refractivity contribution in [3.8, 4) is 17.0 Å². The van der Waals surface area contributed by atoms with E-state index in [9.17, 15) is 0 Å². The predicted octanol–water partition coefficient (Wildman–Crippen LogP) is 3.72. The van der Waals surface area contributed by atoms with Crippen LogP contribution in [0, 0.1) is 6.92 Å². The Labute approximate surface area is 172 Å². The van der Waals surface area contributed by atoms with Gasteiger partial charge in [-0.15, -0.1) is 0 Å². The van der Waals surface area contributed by atoms with Crippen molar-refractivity contribution < 1.29 is 9.84 Å². The number of anilines is 1. The Morgan fingerprint density at radius 1 is 1.03 bits per heavy atom. The zero-order valence-corrected chi connectivity index (χ0v) is 17.3. The third-order valence-corrected chi connectivity index (χ3v) is 5.66. The summed E-state index contributed by atoms with van der Waals surface area (Å²) < 4.78 is 5.60. The largest absolute Gasteiger partial charge is 0.491 e. The maximum absolute atomic E-state index is 9.00. The number of aryl methyl sites for hydroxylation is 1. The van der Waals surface area contributed by atoms with E-state index in [-0.39, 0.29) is 6.61 Å². The lowest BCUT2D eigenvalue weighted by molar-refractivity contribution is 0.200. The van der Waals surface area contributed by atoms with E-state index in [1.807, 2.05) is 13.0 Å². The molecule has 0 spiro atoms. The number of aliphatic hydroxyl groups is 1. The molecule has 0 saturated carbocycles. The number of aliphatic hydroxyl groups excluding tert-OH is 1. The standard InChI is InChI=1S/C24H29N3O2/c1-3-26-10-12-27(13-11-26)24-21-7-5-4-6-19(21)17-22(25-24)20-8-9-23(18(2)16-20)29-15-14-28/h4-9,16-17,28H,3,10-15H2,1-2H3. The van der Waals surface area contributed by atoms with E-state index in [4.69, 9.17) is 14.8 Å². The summed E-state index contributed by atoms with van der Waals surface area (Å²) in [5.74, 6) is 1.88. The molecule has 0 atom stereocenters. The fourth-order valence-corrected chi connectivity index (χ4v) is 3.97. The van der Waals surface area contributed by atoms with Crippen LogP contribution in [0.25, 0.3) is 22.0 Å². The molecular formula is C24H29N3O2. The minimum absolute atomic E-state index is 0.0159. The Bertz CT molecular complexity index is 981. The molecule has 0 unspecified atom stereocenters. The number of pyridine rings is 1. The van der Waals surface area contributed by atoms with Gasteiger partial charge in [0.15, 0.2) is 0 Å². The van der Waals surface area contributed by atoms with Crippen LogP contribution >= 0.6 is 0 Å². The fourth-order valence-electron chi connectivity index (χ4n) is 3.97. The average Bonchev–Trinajstić information content (AvgIpc) is 2.77. The molecule has 4 rings (SSSR count). The zero-order chi connectivity index (χ0) is 20.2. The highest BCUT2D eigenvalue weighted by molar-refractivity contribution is 5.95. The molecule has 152 valence electrons. The highest BCUT2D eigenvalue weighted by Gasteiger charge is 2.20. The smallest absolute Gasteiger partial charge is 0.137 e. The van der Waals surface area contributed by atoms with E-state index >= 15 is 0 Å². The monoisotopic (exact) mass is 391 g/mol. The normalized spacial score (nSPS) is 15.1. The van der Waals surface area contributed by atoms with Gasteiger partial charge in [0, 0.05) is 37.1 Å². The summed E-state index contributed by atoms with van der Waals surface area (Å²) in [5.41, 5.74) is 3.11. The molecule has 3 aromatic rings. The van der Waals surface area contributed by atoms with Gasteiger partial charge in [-0.1, -0.05) is 31.2 Å². The molecule has 2 aromatic carbocycles. The SMILES string of the molecule is CCN1CCN(c2nc(-c3ccc(OCCO)c(C)c3)cc3ccccc23)CC1. The topological polar surface area (TPSA) is 48.8 Å². The second-order valence-corrected chi connectivity index (χ2v) is 7.53. The number of aromatic nitrogens is 1. The van der Waals surface area contributed by atoms with Gasteiger partial charge in [-0.2, -0.15) is 0 Å². The third kappa shape index (κ3) is 4.21. The van der Waals surface area contributed by atoms with Crippen LogP contribution in [0.15, 0.2) is 48.5 Å². The first-order chi connectivity index (χ1) is 14.2. The molecule has 1 saturated heterocycles. The summed E-state index contributed by atoms with van der Waals surface area (Å²) in [6, 6.07) is 16.8. The number of hydrogen-bond donors (Lipinski definition) is 1. The second-order valence-electron chi connectivity index (χ2n) is 7.53. The Morgan fingerprint density at radius 2 is 1.83 bits per heavy atom. The van der Waals surface area contributed by atoms with E-state index in [0.29, 0.717) is 6.61 Å². The molecule has 29 heavy (non-hydrogen) atoms. The van der Waals surface area contributed by atoms with Gasteiger partial charge in [-0.05, 0) is 48.7 Å². The summed E-state index contributed by atoms with van der Waals surface area (Å²) in [4.78, 5) is 10.0. The number of benzene rings is 2. The van der Waals surface area contributed by atoms with Crippen LogP contribution in [0.4, 0.5) is 5.82 Å². The van der Waals surface area contributed by atoms with Crippen molar-refractivity contribution in [3.05, 3.63) is 54.1 Å². The van der Waals surface area contributed by atoms with Gasteiger partial charge in [0.25, 0.3) is 0 Å². The molecule has 0 amide bonds. The Balaban J connectivity index is 1.71. The van der Waals surface area contributed by atoms with Crippen LogP contribution < -0.4 is 9.64 Å². The number of rotatable bonds is 6. The maximum atomic E-state index is 9.00. The van der Waals surface area contributed by atoms with Gasteiger partial charge >= 0.3 is 0 Å². The lowest BCUT2D eigenvalue weighted by Gasteiger charge is -2.35. The summed E-state index contributed by atoms with van der Waals surface area (Å²) in [7, 11) is 0. The molecule has 1 fully saturated rings. The molecule has 1 aromatic heterocycles. The quantitative estimate of drug-likeness (QED) is 0.694. The van der Waals surface area contributed by atoms with Crippen LogP contribution in [0.1, 0.15) is 12.5 Å². The van der Waals surface area contributed by atoms with Crippen molar-refractivity contribution in [2.45, 2.75) is 13.8 Å².